The van der Waals surface area contributed by atoms with Gasteiger partial charge in [0.15, 0.2) is 11.4 Å². The van der Waals surface area contributed by atoms with Crippen LogP contribution in [0.5, 0.6) is 11.5 Å². The first-order valence-corrected chi connectivity index (χ1v) is 14.6. The molecular formula is C32H32F3N3O9. The molecule has 0 aliphatic heterocycles. The number of ether oxygens (including phenoxy) is 1. The molecule has 47 heavy (non-hydrogen) atoms. The molecule has 3 aliphatic rings. The van der Waals surface area contributed by atoms with Crippen LogP contribution in [0.3, 0.4) is 0 Å². The maximum absolute atomic E-state index is 14.0. The number of aliphatic hydroxyl groups is 3. The van der Waals surface area contributed by atoms with Gasteiger partial charge in [0.05, 0.1) is 18.2 Å². The zero-order valence-electron chi connectivity index (χ0n) is 25.4. The summed E-state index contributed by atoms with van der Waals surface area (Å²) in [5, 5.41) is 46.8. The molecule has 3 aliphatic carbocycles. The van der Waals surface area contributed by atoms with Gasteiger partial charge in [0.25, 0.3) is 5.91 Å². The van der Waals surface area contributed by atoms with E-state index in [-0.39, 0.29) is 41.9 Å². The number of halogens is 3. The predicted molar refractivity (Wildman–Crippen MR) is 158 cm³/mol. The number of phenolic OH excluding ortho intramolecular Hbond substituents is 1. The third-order valence-corrected chi connectivity index (χ3v) is 8.97. The number of nitrogens with two attached hydrogens (primary N) is 1. The Balaban J connectivity index is 1.63. The van der Waals surface area contributed by atoms with Crippen molar-refractivity contribution in [1.82, 2.24) is 10.2 Å². The van der Waals surface area contributed by atoms with E-state index in [9.17, 15) is 52.8 Å². The lowest BCUT2D eigenvalue weighted by molar-refractivity contribution is -0.173. The number of rotatable bonds is 7. The average molecular weight is 660 g/mol. The van der Waals surface area contributed by atoms with E-state index < -0.39 is 82.4 Å². The summed E-state index contributed by atoms with van der Waals surface area (Å²) < 4.78 is 44.1. The van der Waals surface area contributed by atoms with Crippen molar-refractivity contribution in [3.63, 3.8) is 0 Å². The number of nitrogens with one attached hydrogen (secondary N) is 1. The van der Waals surface area contributed by atoms with Gasteiger partial charge in [-0.15, -0.1) is 0 Å². The minimum absolute atomic E-state index is 0.00831. The molecule has 0 saturated heterocycles. The number of amides is 2. The van der Waals surface area contributed by atoms with E-state index in [1.807, 2.05) is 5.32 Å². The van der Waals surface area contributed by atoms with Crippen LogP contribution in [0.1, 0.15) is 34.8 Å². The standard InChI is InChI=1S/C32H32F3N3O9/c1-4-47-20-8-5-13(9-15(20)12-37-30(45)32(33,34)35)16-6-7-19(39)22-17(16)10-14-11-18-24(38(2)3)26(41)23(29(36)44)28(43)31(18,46)27(42)21(14)25(22)40/h5-9,14,18,24,39,41-42,46H,4,10-12H2,1-3H3,(H2,36,44)(H,37,45). The molecule has 15 heteroatoms. The fraction of sp³-hybridized carbons (Fsp3) is 0.375. The number of Topliss-reactive ketones (excluding diaryl/α,β-unsaturated/α-hetero) is 2. The van der Waals surface area contributed by atoms with Gasteiger partial charge in [-0.3, -0.25) is 24.1 Å². The number of allylic oxidation sites excluding steroid dienone is 1. The molecule has 250 valence electrons. The van der Waals surface area contributed by atoms with Crippen molar-refractivity contribution < 1.29 is 57.5 Å². The number of hydrogen-bond acceptors (Lipinski definition) is 10. The van der Waals surface area contributed by atoms with Gasteiger partial charge in [0.1, 0.15) is 28.6 Å². The number of carbonyl (C=O) groups is 4. The molecule has 0 heterocycles. The Kier molecular flexibility index (Phi) is 8.35. The van der Waals surface area contributed by atoms with Crippen molar-refractivity contribution in [3.8, 4) is 22.6 Å². The van der Waals surface area contributed by atoms with E-state index in [1.54, 1.807) is 13.0 Å². The summed E-state index contributed by atoms with van der Waals surface area (Å²) >= 11 is 0. The highest BCUT2D eigenvalue weighted by atomic mass is 19.4. The molecule has 0 aromatic heterocycles. The number of fused-ring (bicyclic) bond motifs is 3. The molecule has 2 aromatic rings. The molecule has 0 saturated carbocycles. The Morgan fingerprint density at radius 2 is 1.81 bits per heavy atom. The predicted octanol–water partition coefficient (Wildman–Crippen LogP) is 2.36. The third kappa shape index (κ3) is 5.28. The molecule has 0 spiro atoms. The van der Waals surface area contributed by atoms with Gasteiger partial charge in [-0.25, -0.2) is 0 Å². The Morgan fingerprint density at radius 3 is 2.40 bits per heavy atom. The van der Waals surface area contributed by atoms with Gasteiger partial charge in [-0.2, -0.15) is 13.2 Å². The second-order valence-corrected chi connectivity index (χ2v) is 11.9. The van der Waals surface area contributed by atoms with Crippen molar-refractivity contribution >= 4 is 23.4 Å². The summed E-state index contributed by atoms with van der Waals surface area (Å²) in [6.07, 6.45) is -5.24. The fourth-order valence-corrected chi connectivity index (χ4v) is 6.98. The minimum atomic E-state index is -5.11. The molecule has 4 atom stereocenters. The number of primary amides is 1. The first-order chi connectivity index (χ1) is 21.9. The van der Waals surface area contributed by atoms with E-state index in [0.717, 1.165) is 0 Å². The molecule has 4 unspecified atom stereocenters. The molecule has 2 aromatic carbocycles. The van der Waals surface area contributed by atoms with Gasteiger partial charge < -0.3 is 36.2 Å². The van der Waals surface area contributed by atoms with Crippen LogP contribution >= 0.6 is 0 Å². The normalized spacial score (nSPS) is 24.1. The molecular weight excluding hydrogens is 627 g/mol. The number of ketones is 2. The highest BCUT2D eigenvalue weighted by molar-refractivity contribution is 6.25. The maximum Gasteiger partial charge on any atom is 0.471 e. The Bertz CT molecular complexity index is 1780. The van der Waals surface area contributed by atoms with Crippen LogP contribution in [-0.2, 0) is 27.3 Å². The quantitative estimate of drug-likeness (QED) is 0.240. The monoisotopic (exact) mass is 659 g/mol. The lowest BCUT2D eigenvalue weighted by Gasteiger charge is -2.50. The molecule has 0 bridgehead atoms. The van der Waals surface area contributed by atoms with Gasteiger partial charge in [0, 0.05) is 23.6 Å². The molecule has 0 radical (unpaired) electrons. The van der Waals surface area contributed by atoms with Crippen LogP contribution in [0.15, 0.2) is 53.0 Å². The number of nitrogens with zero attached hydrogens (tertiary/aromatic N) is 1. The lowest BCUT2D eigenvalue weighted by Crippen LogP contribution is -2.63. The van der Waals surface area contributed by atoms with E-state index in [2.05, 4.69) is 0 Å². The smallest absolute Gasteiger partial charge is 0.471 e. The fourth-order valence-electron chi connectivity index (χ4n) is 6.98. The van der Waals surface area contributed by atoms with Gasteiger partial charge in [-0.1, -0.05) is 12.1 Å². The molecule has 7 N–H and O–H groups in total. The van der Waals surface area contributed by atoms with Crippen LogP contribution in [-0.4, -0.2) is 87.2 Å². The van der Waals surface area contributed by atoms with E-state index in [4.69, 9.17) is 10.5 Å². The number of carbonyl (C=O) groups excluding carboxylic acids is 4. The summed E-state index contributed by atoms with van der Waals surface area (Å²) in [5.74, 6) is -9.74. The van der Waals surface area contributed by atoms with Crippen LogP contribution in [0.4, 0.5) is 13.2 Å². The summed E-state index contributed by atoms with van der Waals surface area (Å²) in [5.41, 5.74) is 2.42. The first kappa shape index (κ1) is 33.5. The van der Waals surface area contributed by atoms with E-state index >= 15 is 0 Å². The summed E-state index contributed by atoms with van der Waals surface area (Å²) in [4.78, 5) is 52.6. The molecule has 2 amide bonds. The highest BCUT2D eigenvalue weighted by Crippen LogP contribution is 2.53. The number of phenols is 1. The van der Waals surface area contributed by atoms with Crippen molar-refractivity contribution in [2.75, 3.05) is 20.7 Å². The van der Waals surface area contributed by atoms with Crippen LogP contribution in [0.2, 0.25) is 0 Å². The molecule has 5 rings (SSSR count). The first-order valence-electron chi connectivity index (χ1n) is 14.6. The average Bonchev–Trinajstić information content (AvgIpc) is 2.97. The second kappa shape index (κ2) is 11.7. The third-order valence-electron chi connectivity index (χ3n) is 8.97. The summed E-state index contributed by atoms with van der Waals surface area (Å²) in [7, 11) is 3.04. The number of likely N-dealkylation sites (N-methyl/N-ethyl adjacent to an activating group) is 1. The van der Waals surface area contributed by atoms with Crippen molar-refractivity contribution in [1.29, 1.82) is 0 Å². The van der Waals surface area contributed by atoms with Gasteiger partial charge >= 0.3 is 12.1 Å². The van der Waals surface area contributed by atoms with Crippen LogP contribution in [0.25, 0.3) is 11.1 Å². The largest absolute Gasteiger partial charge is 0.510 e. The van der Waals surface area contributed by atoms with E-state index in [0.29, 0.717) is 16.7 Å². The maximum atomic E-state index is 14.0. The number of aromatic hydroxyl groups is 1. The summed E-state index contributed by atoms with van der Waals surface area (Å²) in [6, 6.07) is 6.13. The Morgan fingerprint density at radius 1 is 1.13 bits per heavy atom. The van der Waals surface area contributed by atoms with E-state index in [1.165, 1.54) is 43.3 Å². The highest BCUT2D eigenvalue weighted by Gasteiger charge is 2.63. The van der Waals surface area contributed by atoms with Crippen molar-refractivity contribution in [2.45, 2.75) is 44.1 Å². The summed E-state index contributed by atoms with van der Waals surface area (Å²) in [6.45, 7) is 1.32. The van der Waals surface area contributed by atoms with Gasteiger partial charge in [-0.05, 0) is 74.7 Å². The number of alkyl halides is 3. The second-order valence-electron chi connectivity index (χ2n) is 11.9. The number of benzene rings is 2. The van der Waals surface area contributed by atoms with Crippen molar-refractivity contribution in [3.05, 3.63) is 69.7 Å². The zero-order chi connectivity index (χ0) is 34.7. The Labute approximate surface area is 265 Å². The minimum Gasteiger partial charge on any atom is -0.510 e. The molecule has 12 nitrogen and oxygen atoms in total. The number of hydrogen-bond donors (Lipinski definition) is 6. The van der Waals surface area contributed by atoms with Crippen molar-refractivity contribution in [2.24, 2.45) is 17.6 Å². The van der Waals surface area contributed by atoms with Gasteiger partial charge in [0.2, 0.25) is 5.78 Å². The topological polar surface area (TPSA) is 200 Å². The van der Waals surface area contributed by atoms with Crippen LogP contribution < -0.4 is 15.8 Å². The zero-order valence-corrected chi connectivity index (χ0v) is 25.4. The SMILES string of the molecule is CCOc1ccc(-c2ccc(O)c3c2CC2CC4C(N(C)C)C(O)=C(C(N)=O)C(=O)C4(O)C(O)=C2C3=O)cc1CNC(=O)C(F)(F)F. The van der Waals surface area contributed by atoms with Crippen LogP contribution in [0, 0.1) is 11.8 Å². The lowest BCUT2D eigenvalue weighted by atomic mass is 9.58. The number of aliphatic hydroxyl groups excluding tert-OH is 2. The Hall–Kier alpha value is -4.89. The molecule has 0 fully saturated rings.